The van der Waals surface area contributed by atoms with Crippen LogP contribution >= 0.6 is 0 Å². The van der Waals surface area contributed by atoms with E-state index < -0.39 is 0 Å². The lowest BCUT2D eigenvalue weighted by Gasteiger charge is -2.48. The first-order valence-electron chi connectivity index (χ1n) is 7.53. The van der Waals surface area contributed by atoms with E-state index in [1.807, 2.05) is 0 Å². The lowest BCUT2D eigenvalue weighted by Crippen LogP contribution is -2.57. The second-order valence-electron chi connectivity index (χ2n) is 6.23. The molecule has 1 fully saturated rings. The van der Waals surface area contributed by atoms with Crippen molar-refractivity contribution in [3.8, 4) is 0 Å². The highest BCUT2D eigenvalue weighted by Gasteiger charge is 2.39. The summed E-state index contributed by atoms with van der Waals surface area (Å²) in [7, 11) is 0. The molecule has 1 aliphatic rings. The molecule has 0 spiro atoms. The molecule has 0 bridgehead atoms. The lowest BCUT2D eigenvalue weighted by atomic mass is 9.73. The molecule has 1 saturated carbocycles. The number of nitrogens with zero attached hydrogens (tertiary/aromatic N) is 1. The van der Waals surface area contributed by atoms with Crippen molar-refractivity contribution < 1.29 is 0 Å². The molecular weight excluding hydrogens is 208 g/mol. The maximum atomic E-state index is 6.17. The summed E-state index contributed by atoms with van der Waals surface area (Å²) in [5.41, 5.74) is 6.47. The van der Waals surface area contributed by atoms with Gasteiger partial charge >= 0.3 is 0 Å². The first-order valence-corrected chi connectivity index (χ1v) is 7.53. The molecule has 0 aliphatic heterocycles. The Balaban J connectivity index is 2.76. The zero-order valence-corrected chi connectivity index (χ0v) is 12.3. The first kappa shape index (κ1) is 15.0. The fourth-order valence-electron chi connectivity index (χ4n) is 3.51. The minimum atomic E-state index is 0.304. The van der Waals surface area contributed by atoms with E-state index in [9.17, 15) is 0 Å². The van der Waals surface area contributed by atoms with Gasteiger partial charge in [-0.25, -0.2) is 0 Å². The zero-order valence-electron chi connectivity index (χ0n) is 12.3. The third-order valence-corrected chi connectivity index (χ3v) is 4.52. The standard InChI is InChI=1S/C15H32N2/c1-5-14-8-7-9-15(10-14,12-16)17(6-2)11-13(3)4/h13-14H,5-12,16H2,1-4H3. The molecule has 1 aliphatic carbocycles. The van der Waals surface area contributed by atoms with Crippen LogP contribution in [0.1, 0.15) is 59.8 Å². The average molecular weight is 240 g/mol. The Morgan fingerprint density at radius 3 is 2.53 bits per heavy atom. The van der Waals surface area contributed by atoms with E-state index in [4.69, 9.17) is 5.73 Å². The molecule has 2 N–H and O–H groups in total. The van der Waals surface area contributed by atoms with Gasteiger partial charge in [-0.3, -0.25) is 4.90 Å². The number of likely N-dealkylation sites (N-methyl/N-ethyl adjacent to an activating group) is 1. The minimum absolute atomic E-state index is 0.304. The molecule has 0 saturated heterocycles. The molecular formula is C15H32N2. The monoisotopic (exact) mass is 240 g/mol. The van der Waals surface area contributed by atoms with Gasteiger partial charge in [-0.05, 0) is 31.2 Å². The van der Waals surface area contributed by atoms with Crippen LogP contribution in [0.2, 0.25) is 0 Å². The summed E-state index contributed by atoms with van der Waals surface area (Å²) in [5.74, 6) is 1.63. The number of nitrogens with two attached hydrogens (primary N) is 1. The second kappa shape index (κ2) is 6.75. The van der Waals surface area contributed by atoms with Crippen LogP contribution in [0.25, 0.3) is 0 Å². The van der Waals surface area contributed by atoms with Crippen molar-refractivity contribution in [2.75, 3.05) is 19.6 Å². The number of hydrogen-bond donors (Lipinski definition) is 1. The molecule has 0 heterocycles. The molecule has 2 heteroatoms. The Hall–Kier alpha value is -0.0800. The van der Waals surface area contributed by atoms with Crippen LogP contribution in [0.15, 0.2) is 0 Å². The summed E-state index contributed by atoms with van der Waals surface area (Å²) < 4.78 is 0. The van der Waals surface area contributed by atoms with Crippen LogP contribution < -0.4 is 5.73 Å². The molecule has 2 unspecified atom stereocenters. The molecule has 0 amide bonds. The smallest absolute Gasteiger partial charge is 0.0334 e. The molecule has 2 nitrogen and oxygen atoms in total. The van der Waals surface area contributed by atoms with Crippen molar-refractivity contribution in [2.45, 2.75) is 65.3 Å². The highest BCUT2D eigenvalue weighted by atomic mass is 15.2. The fourth-order valence-corrected chi connectivity index (χ4v) is 3.51. The molecule has 0 aromatic rings. The Bertz CT molecular complexity index is 215. The van der Waals surface area contributed by atoms with Crippen molar-refractivity contribution in [1.82, 2.24) is 4.90 Å². The van der Waals surface area contributed by atoms with E-state index in [-0.39, 0.29) is 0 Å². The Labute approximate surface area is 108 Å². The first-order chi connectivity index (χ1) is 8.07. The van der Waals surface area contributed by atoms with Crippen molar-refractivity contribution in [2.24, 2.45) is 17.6 Å². The van der Waals surface area contributed by atoms with E-state index in [1.165, 1.54) is 38.6 Å². The van der Waals surface area contributed by atoms with Gasteiger partial charge < -0.3 is 5.73 Å². The van der Waals surface area contributed by atoms with Gasteiger partial charge in [0.25, 0.3) is 0 Å². The maximum absolute atomic E-state index is 6.17. The van der Waals surface area contributed by atoms with Crippen LogP contribution in [0.4, 0.5) is 0 Å². The van der Waals surface area contributed by atoms with Crippen molar-refractivity contribution in [3.05, 3.63) is 0 Å². The van der Waals surface area contributed by atoms with Gasteiger partial charge in [0.2, 0.25) is 0 Å². The van der Waals surface area contributed by atoms with Crippen molar-refractivity contribution in [3.63, 3.8) is 0 Å². The lowest BCUT2D eigenvalue weighted by molar-refractivity contribution is 0.0302. The quantitative estimate of drug-likeness (QED) is 0.772. The minimum Gasteiger partial charge on any atom is -0.329 e. The van der Waals surface area contributed by atoms with Crippen molar-refractivity contribution >= 4 is 0 Å². The molecule has 2 atom stereocenters. The molecule has 0 radical (unpaired) electrons. The normalized spacial score (nSPS) is 30.2. The Kier molecular flexibility index (Phi) is 5.94. The van der Waals surface area contributed by atoms with Gasteiger partial charge in [0.15, 0.2) is 0 Å². The summed E-state index contributed by atoms with van der Waals surface area (Å²) in [6.07, 6.45) is 6.73. The predicted molar refractivity (Wildman–Crippen MR) is 76.1 cm³/mol. The highest BCUT2D eigenvalue weighted by Crippen LogP contribution is 2.38. The third kappa shape index (κ3) is 3.69. The van der Waals surface area contributed by atoms with Gasteiger partial charge in [-0.15, -0.1) is 0 Å². The zero-order chi connectivity index (χ0) is 12.9. The van der Waals surface area contributed by atoms with E-state index in [2.05, 4.69) is 32.6 Å². The third-order valence-electron chi connectivity index (χ3n) is 4.52. The molecule has 17 heavy (non-hydrogen) atoms. The van der Waals surface area contributed by atoms with Crippen LogP contribution in [-0.4, -0.2) is 30.1 Å². The number of hydrogen-bond acceptors (Lipinski definition) is 2. The average Bonchev–Trinajstić information content (AvgIpc) is 2.35. The summed E-state index contributed by atoms with van der Waals surface area (Å²) in [4.78, 5) is 2.67. The van der Waals surface area contributed by atoms with Gasteiger partial charge in [-0.1, -0.05) is 47.0 Å². The summed E-state index contributed by atoms with van der Waals surface area (Å²) in [5, 5.41) is 0. The molecule has 102 valence electrons. The van der Waals surface area contributed by atoms with Crippen molar-refractivity contribution in [1.29, 1.82) is 0 Å². The maximum Gasteiger partial charge on any atom is 0.0334 e. The molecule has 1 rings (SSSR count). The fraction of sp³-hybridized carbons (Fsp3) is 1.00. The summed E-state index contributed by atoms with van der Waals surface area (Å²) >= 11 is 0. The van der Waals surface area contributed by atoms with E-state index in [1.54, 1.807) is 0 Å². The van der Waals surface area contributed by atoms with Crippen LogP contribution in [-0.2, 0) is 0 Å². The highest BCUT2D eigenvalue weighted by molar-refractivity contribution is 4.96. The van der Waals surface area contributed by atoms with Gasteiger partial charge in [0, 0.05) is 18.6 Å². The largest absolute Gasteiger partial charge is 0.329 e. The van der Waals surface area contributed by atoms with Crippen LogP contribution in [0.3, 0.4) is 0 Å². The van der Waals surface area contributed by atoms with E-state index in [0.29, 0.717) is 5.54 Å². The Morgan fingerprint density at radius 1 is 1.35 bits per heavy atom. The van der Waals surface area contributed by atoms with Gasteiger partial charge in [-0.2, -0.15) is 0 Å². The number of rotatable bonds is 6. The molecule has 0 aromatic carbocycles. The summed E-state index contributed by atoms with van der Waals surface area (Å²) in [6.45, 7) is 12.4. The Morgan fingerprint density at radius 2 is 2.06 bits per heavy atom. The topological polar surface area (TPSA) is 29.3 Å². The predicted octanol–water partition coefficient (Wildman–Crippen LogP) is 3.26. The molecule has 0 aromatic heterocycles. The van der Waals surface area contributed by atoms with Gasteiger partial charge in [0.1, 0.15) is 0 Å². The second-order valence-corrected chi connectivity index (χ2v) is 6.23. The van der Waals surface area contributed by atoms with E-state index in [0.717, 1.165) is 24.9 Å². The summed E-state index contributed by atoms with van der Waals surface area (Å²) in [6, 6.07) is 0. The van der Waals surface area contributed by atoms with E-state index >= 15 is 0 Å². The van der Waals surface area contributed by atoms with Crippen LogP contribution in [0, 0.1) is 11.8 Å². The van der Waals surface area contributed by atoms with Crippen LogP contribution in [0.5, 0.6) is 0 Å². The SMILES string of the molecule is CCC1CCCC(CN)(N(CC)CC(C)C)C1. The van der Waals surface area contributed by atoms with Gasteiger partial charge in [0.05, 0.1) is 0 Å².